The zero-order valence-corrected chi connectivity index (χ0v) is 8.12. The Morgan fingerprint density at radius 1 is 1.23 bits per heavy atom. The van der Waals surface area contributed by atoms with Crippen molar-refractivity contribution in [2.24, 2.45) is 0 Å². The molecular formula is C9H14O4. The van der Waals surface area contributed by atoms with E-state index < -0.39 is 11.9 Å². The first-order valence-electron chi connectivity index (χ1n) is 2.62. The number of hydrogen-bond donors (Lipinski definition) is 0. The predicted molar refractivity (Wildman–Crippen MR) is 47.9 cm³/mol. The summed E-state index contributed by atoms with van der Waals surface area (Å²) in [4.78, 5) is 18.6. The standard InChI is InChI=1S/C4H6O2.C3H4O2.2CH3/c1-3(2)4(5)6;1-2-3(4)5;;/h1H2,2H3,(H,5,6);2H,1H2,(H,4,5);2*1H3/q;;2*+1/p-2. The third-order valence-corrected chi connectivity index (χ3v) is 0.515. The van der Waals surface area contributed by atoms with Gasteiger partial charge in [-0.25, -0.2) is 0 Å². The summed E-state index contributed by atoms with van der Waals surface area (Å²) in [6.07, 6.45) is 0.722. The maximum atomic E-state index is 9.49. The van der Waals surface area contributed by atoms with Gasteiger partial charge >= 0.3 is 0 Å². The van der Waals surface area contributed by atoms with Gasteiger partial charge in [-0.1, -0.05) is 13.2 Å². The summed E-state index contributed by atoms with van der Waals surface area (Å²) in [6, 6.07) is 0. The Bertz CT molecular complexity index is 170. The number of hydrogen-bond acceptors (Lipinski definition) is 4. The molecule has 0 aliphatic heterocycles. The fourth-order valence-corrected chi connectivity index (χ4v) is 0. The molecule has 0 aliphatic carbocycles. The Labute approximate surface area is 79.2 Å². The van der Waals surface area contributed by atoms with E-state index in [1.807, 2.05) is 0 Å². The zero-order valence-electron chi connectivity index (χ0n) is 8.12. The molecule has 0 heterocycles. The Morgan fingerprint density at radius 2 is 1.38 bits per heavy atom. The molecule has 0 aromatic carbocycles. The van der Waals surface area contributed by atoms with Crippen LogP contribution in [0.1, 0.15) is 6.92 Å². The number of carboxylic acids is 2. The Morgan fingerprint density at radius 3 is 1.38 bits per heavy atom. The van der Waals surface area contributed by atoms with Gasteiger partial charge in [-0.2, -0.15) is 0 Å². The zero-order chi connectivity index (χ0) is 9.44. The maximum Gasteiger partial charge on any atom is 0.0666 e. The van der Waals surface area contributed by atoms with Gasteiger partial charge in [-0.05, 0) is 18.6 Å². The molecule has 0 bridgehead atoms. The lowest BCUT2D eigenvalue weighted by Gasteiger charge is -1.93. The minimum Gasteiger partial charge on any atom is -0.545 e. The minimum absolute atomic E-state index is 0. The minimum atomic E-state index is -1.23. The van der Waals surface area contributed by atoms with Crippen molar-refractivity contribution in [3.63, 3.8) is 0 Å². The highest BCUT2D eigenvalue weighted by atomic mass is 16.4. The largest absolute Gasteiger partial charge is 0.545 e. The smallest absolute Gasteiger partial charge is 0.0666 e. The molecule has 0 saturated carbocycles. The van der Waals surface area contributed by atoms with Gasteiger partial charge in [0.05, 0.1) is 11.9 Å². The van der Waals surface area contributed by atoms with Crippen molar-refractivity contribution in [3.8, 4) is 0 Å². The van der Waals surface area contributed by atoms with Crippen molar-refractivity contribution >= 4 is 11.9 Å². The molecule has 4 heteroatoms. The Balaban J connectivity index is -0.0000000546. The molecule has 0 amide bonds. The van der Waals surface area contributed by atoms with E-state index in [4.69, 9.17) is 9.90 Å². The highest BCUT2D eigenvalue weighted by molar-refractivity contribution is 5.82. The van der Waals surface area contributed by atoms with Gasteiger partial charge in [0.2, 0.25) is 0 Å². The van der Waals surface area contributed by atoms with Crippen LogP contribution in [0.4, 0.5) is 0 Å². The van der Waals surface area contributed by atoms with Crippen LogP contribution in [0.15, 0.2) is 24.8 Å². The Hall–Kier alpha value is -1.84. The molecule has 0 aliphatic rings. The van der Waals surface area contributed by atoms with E-state index in [-0.39, 0.29) is 20.4 Å². The second-order valence-corrected chi connectivity index (χ2v) is 1.59. The lowest BCUT2D eigenvalue weighted by atomic mass is 10.4. The van der Waals surface area contributed by atoms with Crippen LogP contribution < -0.4 is 10.2 Å². The van der Waals surface area contributed by atoms with Gasteiger partial charge in [0, 0.05) is 14.9 Å². The SMILES string of the molecule is C=C(C)C(=O)[O-].C=CC(=O)[O-].[CH3+].[CH3+]. The molecule has 4 nitrogen and oxygen atoms in total. The number of carbonyl (C=O) groups is 2. The molecule has 0 rings (SSSR count). The highest BCUT2D eigenvalue weighted by Gasteiger charge is 1.76. The maximum absolute atomic E-state index is 9.49. The van der Waals surface area contributed by atoms with E-state index in [0.29, 0.717) is 0 Å². The van der Waals surface area contributed by atoms with Crippen LogP contribution in [0.25, 0.3) is 0 Å². The fraction of sp³-hybridized carbons (Fsp3) is 0.111. The van der Waals surface area contributed by atoms with Crippen molar-refractivity contribution in [1.82, 2.24) is 0 Å². The van der Waals surface area contributed by atoms with Gasteiger partial charge in [-0.3, -0.25) is 0 Å². The van der Waals surface area contributed by atoms with Crippen LogP contribution in [-0.2, 0) is 9.59 Å². The van der Waals surface area contributed by atoms with Crippen molar-refractivity contribution < 1.29 is 19.8 Å². The van der Waals surface area contributed by atoms with Crippen LogP contribution in [0, 0.1) is 14.9 Å². The second-order valence-electron chi connectivity index (χ2n) is 1.59. The quantitative estimate of drug-likeness (QED) is 0.415. The average molecular weight is 186 g/mol. The van der Waals surface area contributed by atoms with Crippen molar-refractivity contribution in [2.45, 2.75) is 6.92 Å². The van der Waals surface area contributed by atoms with E-state index in [0.717, 1.165) is 6.08 Å². The van der Waals surface area contributed by atoms with E-state index in [9.17, 15) is 9.90 Å². The Kier molecular flexibility index (Phi) is 22.1. The van der Waals surface area contributed by atoms with Crippen LogP contribution >= 0.6 is 0 Å². The number of carbonyl (C=O) groups excluding carboxylic acids is 2. The average Bonchev–Trinajstić information content (AvgIpc) is 1.89. The van der Waals surface area contributed by atoms with Gasteiger partial charge in [0.1, 0.15) is 0 Å². The lowest BCUT2D eigenvalue weighted by molar-refractivity contribution is -0.299. The van der Waals surface area contributed by atoms with Gasteiger partial charge in [0.25, 0.3) is 0 Å². The first-order valence-corrected chi connectivity index (χ1v) is 2.62. The van der Waals surface area contributed by atoms with Crippen LogP contribution in [0.3, 0.4) is 0 Å². The number of aliphatic carboxylic acids is 2. The van der Waals surface area contributed by atoms with Crippen molar-refractivity contribution in [2.75, 3.05) is 0 Å². The summed E-state index contributed by atoms with van der Waals surface area (Å²) < 4.78 is 0. The molecule has 74 valence electrons. The monoisotopic (exact) mass is 186 g/mol. The molecule has 0 atom stereocenters. The topological polar surface area (TPSA) is 80.3 Å². The molecule has 0 N–H and O–H groups in total. The summed E-state index contributed by atoms with van der Waals surface area (Å²) in [6.45, 7) is 7.38. The molecule has 0 aromatic rings. The van der Waals surface area contributed by atoms with Crippen molar-refractivity contribution in [3.05, 3.63) is 39.7 Å². The van der Waals surface area contributed by atoms with Crippen LogP contribution in [-0.4, -0.2) is 11.9 Å². The second kappa shape index (κ2) is 12.8. The fourth-order valence-electron chi connectivity index (χ4n) is 0. The molecule has 0 unspecified atom stereocenters. The van der Waals surface area contributed by atoms with E-state index in [1.165, 1.54) is 6.92 Å². The van der Waals surface area contributed by atoms with Gasteiger partial charge < -0.3 is 19.8 Å². The van der Waals surface area contributed by atoms with Crippen LogP contribution in [0.2, 0.25) is 0 Å². The van der Waals surface area contributed by atoms with Crippen molar-refractivity contribution in [1.29, 1.82) is 0 Å². The molecule has 0 aromatic heterocycles. The summed E-state index contributed by atoms with van der Waals surface area (Å²) in [5.74, 6) is -2.42. The summed E-state index contributed by atoms with van der Waals surface area (Å²) in [7, 11) is 0. The normalized spacial score (nSPS) is 5.92. The van der Waals surface area contributed by atoms with E-state index in [2.05, 4.69) is 13.2 Å². The van der Waals surface area contributed by atoms with Gasteiger partial charge in [0.15, 0.2) is 0 Å². The molecule has 0 radical (unpaired) electrons. The number of carboxylic acid groups (broad SMARTS) is 2. The molecule has 0 saturated heterocycles. The third kappa shape index (κ3) is 39.1. The van der Waals surface area contributed by atoms with Crippen LogP contribution in [0.5, 0.6) is 0 Å². The molecule has 0 fully saturated rings. The van der Waals surface area contributed by atoms with Gasteiger partial charge in [-0.15, -0.1) is 0 Å². The molecule has 13 heavy (non-hydrogen) atoms. The first kappa shape index (κ1) is 22.5. The summed E-state index contributed by atoms with van der Waals surface area (Å²) >= 11 is 0. The highest BCUT2D eigenvalue weighted by Crippen LogP contribution is 1.77. The number of rotatable bonds is 2. The van der Waals surface area contributed by atoms with E-state index >= 15 is 0 Å². The molecule has 0 spiro atoms. The first-order chi connectivity index (χ1) is 4.91. The predicted octanol–water partition coefficient (Wildman–Crippen LogP) is -0.865. The molecular weight excluding hydrogens is 172 g/mol. The summed E-state index contributed by atoms with van der Waals surface area (Å²) in [5, 5.41) is 18.6. The lowest BCUT2D eigenvalue weighted by Crippen LogP contribution is -2.22. The van der Waals surface area contributed by atoms with E-state index in [1.54, 1.807) is 0 Å². The summed E-state index contributed by atoms with van der Waals surface area (Å²) in [5.41, 5.74) is 0.0648. The third-order valence-electron chi connectivity index (χ3n) is 0.515.